The first-order chi connectivity index (χ1) is 7.27. The van der Waals surface area contributed by atoms with Crippen molar-refractivity contribution in [2.24, 2.45) is 5.92 Å². The van der Waals surface area contributed by atoms with E-state index in [2.05, 4.69) is 0 Å². The van der Waals surface area contributed by atoms with Gasteiger partial charge in [0.05, 0.1) is 5.92 Å². The monoisotopic (exact) mass is 239 g/mol. The molecule has 0 spiro atoms. The lowest BCUT2D eigenvalue weighted by atomic mass is 10.1. The van der Waals surface area contributed by atoms with E-state index in [0.717, 1.165) is 0 Å². The first-order valence-electron chi connectivity index (χ1n) is 4.47. The van der Waals surface area contributed by atoms with E-state index in [-0.39, 0.29) is 5.92 Å². The summed E-state index contributed by atoms with van der Waals surface area (Å²) in [4.78, 5) is 18.8. The molecule has 4 N–H and O–H groups in total. The number of rotatable bonds is 5. The average Bonchev–Trinajstić information content (AvgIpc) is 2.21. The highest BCUT2D eigenvalue weighted by molar-refractivity contribution is 5.68. The molecule has 0 aromatic heterocycles. The molecule has 0 aliphatic heterocycles. The zero-order valence-electron chi connectivity index (χ0n) is 9.16. The van der Waals surface area contributed by atoms with Gasteiger partial charge in [0.1, 0.15) is 19.8 Å². The van der Waals surface area contributed by atoms with Gasteiger partial charge < -0.3 is 20.4 Å². The molecule has 0 rings (SSSR count). The summed E-state index contributed by atoms with van der Waals surface area (Å²) < 4.78 is 0. The van der Waals surface area contributed by atoms with E-state index in [1.807, 2.05) is 0 Å². The lowest BCUT2D eigenvalue weighted by Gasteiger charge is -2.16. The second kappa shape index (κ2) is 7.97. The van der Waals surface area contributed by atoms with Crippen molar-refractivity contribution in [2.75, 3.05) is 19.8 Å². The number of nitrogens with zero attached hydrogens (tertiary/aromatic N) is 1. The minimum atomic E-state index is -1.99. The van der Waals surface area contributed by atoms with Crippen LogP contribution in [0, 0.1) is 16.0 Å². The summed E-state index contributed by atoms with van der Waals surface area (Å²) >= 11 is 0. The Morgan fingerprint density at radius 3 is 1.50 bits per heavy atom. The number of hydrogen-bond acceptors (Lipinski definition) is 6. The Morgan fingerprint density at radius 1 is 1.25 bits per heavy atom. The third-order valence-corrected chi connectivity index (χ3v) is 1.76. The molecule has 0 amide bonds. The summed E-state index contributed by atoms with van der Waals surface area (Å²) in [6.45, 7) is 0.678. The fourth-order valence-corrected chi connectivity index (χ4v) is 0.323. The molecule has 8 nitrogen and oxygen atoms in total. The first-order valence-corrected chi connectivity index (χ1v) is 4.47. The normalized spacial score (nSPS) is 10.6. The smallest absolute Gasteiger partial charge is 0.305 e. The van der Waals surface area contributed by atoms with Crippen LogP contribution in [0.5, 0.6) is 0 Å². The van der Waals surface area contributed by atoms with Crippen molar-refractivity contribution in [3.05, 3.63) is 10.1 Å². The van der Waals surface area contributed by atoms with Crippen molar-refractivity contribution in [1.29, 1.82) is 0 Å². The van der Waals surface area contributed by atoms with Crippen molar-refractivity contribution in [3.63, 3.8) is 0 Å². The van der Waals surface area contributed by atoms with Crippen molar-refractivity contribution in [2.45, 2.75) is 19.4 Å². The number of carboxylic acid groups (broad SMARTS) is 1. The second-order valence-corrected chi connectivity index (χ2v) is 3.45. The molecule has 0 atom stereocenters. The molecule has 0 aromatic carbocycles. The van der Waals surface area contributed by atoms with Crippen molar-refractivity contribution in [3.8, 4) is 0 Å². The number of nitro groups is 1. The Labute approximate surface area is 92.3 Å². The molecule has 0 heterocycles. The van der Waals surface area contributed by atoms with E-state index in [9.17, 15) is 14.9 Å². The topological polar surface area (TPSA) is 141 Å². The lowest BCUT2D eigenvalue weighted by Crippen LogP contribution is -2.49. The van der Waals surface area contributed by atoms with Crippen LogP contribution in [-0.2, 0) is 4.79 Å². The molecule has 96 valence electrons. The van der Waals surface area contributed by atoms with Gasteiger partial charge in [-0.25, -0.2) is 0 Å². The van der Waals surface area contributed by atoms with E-state index < -0.39 is 36.3 Å². The van der Waals surface area contributed by atoms with Crippen LogP contribution in [0.3, 0.4) is 0 Å². The number of carboxylic acids is 1. The molecule has 0 saturated carbocycles. The summed E-state index contributed by atoms with van der Waals surface area (Å²) in [6.07, 6.45) is 0. The minimum Gasteiger partial charge on any atom is -0.481 e. The van der Waals surface area contributed by atoms with Crippen LogP contribution >= 0.6 is 0 Å². The second-order valence-electron chi connectivity index (χ2n) is 3.45. The van der Waals surface area contributed by atoms with E-state index in [4.69, 9.17) is 20.4 Å². The summed E-state index contributed by atoms with van der Waals surface area (Å²) in [6, 6.07) is 0. The fraction of sp³-hybridized carbons (Fsp3) is 0.875. The predicted molar refractivity (Wildman–Crippen MR) is 53.5 cm³/mol. The summed E-state index contributed by atoms with van der Waals surface area (Å²) in [7, 11) is 0. The van der Waals surface area contributed by atoms with Crippen LogP contribution in [0.25, 0.3) is 0 Å². The van der Waals surface area contributed by atoms with Crippen molar-refractivity contribution in [1.82, 2.24) is 0 Å². The molecule has 0 radical (unpaired) electrons. The van der Waals surface area contributed by atoms with Gasteiger partial charge in [0.2, 0.25) is 0 Å². The zero-order valence-corrected chi connectivity index (χ0v) is 9.16. The highest BCUT2D eigenvalue weighted by Gasteiger charge is 2.41. The molecule has 16 heavy (non-hydrogen) atoms. The van der Waals surface area contributed by atoms with E-state index in [0.29, 0.717) is 0 Å². The quantitative estimate of drug-likeness (QED) is 0.345. The van der Waals surface area contributed by atoms with Crippen LogP contribution < -0.4 is 0 Å². The number of carbonyl (C=O) groups is 1. The van der Waals surface area contributed by atoms with Gasteiger partial charge in [-0.15, -0.1) is 0 Å². The SMILES string of the molecule is CC(C)C(=O)O.O=[N+]([O-])C(CO)(CO)CO. The van der Waals surface area contributed by atoms with Gasteiger partial charge >= 0.3 is 5.97 Å². The van der Waals surface area contributed by atoms with Gasteiger partial charge in [0.15, 0.2) is 0 Å². The Kier molecular flexibility index (Phi) is 8.54. The van der Waals surface area contributed by atoms with Gasteiger partial charge in [-0.05, 0) is 0 Å². The molecule has 0 bridgehead atoms. The largest absolute Gasteiger partial charge is 0.481 e. The average molecular weight is 239 g/mol. The zero-order chi connectivity index (χ0) is 13.4. The highest BCUT2D eigenvalue weighted by Crippen LogP contribution is 2.05. The minimum absolute atomic E-state index is 0.231. The lowest BCUT2D eigenvalue weighted by molar-refractivity contribution is -0.580. The Hall–Kier alpha value is -1.25. The Morgan fingerprint density at radius 2 is 1.50 bits per heavy atom. The Bertz CT molecular complexity index is 216. The summed E-state index contributed by atoms with van der Waals surface area (Å²) in [5.41, 5.74) is -1.99. The van der Waals surface area contributed by atoms with Gasteiger partial charge in [0.25, 0.3) is 5.54 Å². The molecule has 0 aliphatic carbocycles. The molecule has 0 fully saturated rings. The maximum Gasteiger partial charge on any atom is 0.305 e. The van der Waals surface area contributed by atoms with E-state index in [1.165, 1.54) is 0 Å². The van der Waals surface area contributed by atoms with Gasteiger partial charge in [-0.1, -0.05) is 13.8 Å². The van der Waals surface area contributed by atoms with Gasteiger partial charge in [-0.2, -0.15) is 0 Å². The predicted octanol–water partition coefficient (Wildman–Crippen LogP) is -1.29. The standard InChI is InChI=1S/C4H9NO5.C4H8O2/c6-1-4(2-7,3-8)5(9)10;1-3(2)4(5)6/h6-8H,1-3H2;3H,1-2H3,(H,5,6). The molecule has 0 unspecified atom stereocenters. The molecule has 0 saturated heterocycles. The van der Waals surface area contributed by atoms with E-state index in [1.54, 1.807) is 13.8 Å². The number of aliphatic carboxylic acids is 1. The maximum absolute atomic E-state index is 10.0. The first kappa shape index (κ1) is 17.2. The van der Waals surface area contributed by atoms with Crippen LogP contribution in [0.1, 0.15) is 13.8 Å². The van der Waals surface area contributed by atoms with Crippen molar-refractivity contribution >= 4 is 5.97 Å². The maximum atomic E-state index is 10.0. The molecular formula is C8H17NO7. The van der Waals surface area contributed by atoms with Crippen LogP contribution in [0.4, 0.5) is 0 Å². The van der Waals surface area contributed by atoms with Crippen LogP contribution in [-0.4, -0.2) is 56.7 Å². The van der Waals surface area contributed by atoms with E-state index >= 15 is 0 Å². The number of hydrogen-bond donors (Lipinski definition) is 4. The number of aliphatic hydroxyl groups is 3. The van der Waals surface area contributed by atoms with Crippen LogP contribution in [0.2, 0.25) is 0 Å². The van der Waals surface area contributed by atoms with Gasteiger partial charge in [-0.3, -0.25) is 14.9 Å². The third-order valence-electron chi connectivity index (χ3n) is 1.76. The molecule has 0 aromatic rings. The molecular weight excluding hydrogens is 222 g/mol. The molecule has 8 heteroatoms. The summed E-state index contributed by atoms with van der Waals surface area (Å²) in [5.74, 6) is -0.972. The highest BCUT2D eigenvalue weighted by atomic mass is 16.6. The van der Waals surface area contributed by atoms with Crippen molar-refractivity contribution < 1.29 is 30.1 Å². The summed E-state index contributed by atoms with van der Waals surface area (Å²) in [5, 5.41) is 43.2. The number of aliphatic hydroxyl groups excluding tert-OH is 3. The fourth-order valence-electron chi connectivity index (χ4n) is 0.323. The third kappa shape index (κ3) is 5.59. The Balaban J connectivity index is 0. The molecule has 0 aliphatic rings. The van der Waals surface area contributed by atoms with Crippen LogP contribution in [0.15, 0.2) is 0 Å². The van der Waals surface area contributed by atoms with Gasteiger partial charge in [0, 0.05) is 4.92 Å².